The molecule has 0 radical (unpaired) electrons. The predicted molar refractivity (Wildman–Crippen MR) is 137 cm³/mol. The summed E-state index contributed by atoms with van der Waals surface area (Å²) in [5, 5.41) is 1.73. The fourth-order valence-corrected chi connectivity index (χ4v) is 5.56. The maximum absolute atomic E-state index is 12.8. The Morgan fingerprint density at radius 2 is 1.73 bits per heavy atom. The summed E-state index contributed by atoms with van der Waals surface area (Å²) in [6, 6.07) is 18.6. The molecule has 1 saturated heterocycles. The van der Waals surface area contributed by atoms with E-state index in [0.717, 1.165) is 60.5 Å². The van der Waals surface area contributed by atoms with Gasteiger partial charge in [0.2, 0.25) is 5.91 Å². The van der Waals surface area contributed by atoms with Gasteiger partial charge in [-0.25, -0.2) is 4.98 Å². The maximum atomic E-state index is 12.8. The van der Waals surface area contributed by atoms with Crippen LogP contribution in [0.3, 0.4) is 0 Å². The van der Waals surface area contributed by atoms with Crippen molar-refractivity contribution in [3.63, 3.8) is 0 Å². The van der Waals surface area contributed by atoms with Crippen LogP contribution in [0.2, 0.25) is 5.02 Å². The highest BCUT2D eigenvalue weighted by Gasteiger charge is 2.23. The number of aromatic nitrogens is 2. The maximum Gasteiger partial charge on any atom is 0.223 e. The molecule has 1 fully saturated rings. The van der Waals surface area contributed by atoms with E-state index in [1.807, 2.05) is 19.1 Å². The van der Waals surface area contributed by atoms with E-state index in [-0.39, 0.29) is 5.91 Å². The number of benzene rings is 2. The van der Waals surface area contributed by atoms with Crippen LogP contribution in [-0.4, -0.2) is 39.2 Å². The molecule has 0 spiro atoms. The number of carbonyl (C=O) groups is 1. The highest BCUT2D eigenvalue weighted by molar-refractivity contribution is 7.99. The highest BCUT2D eigenvalue weighted by Crippen LogP contribution is 2.25. The normalized spacial score (nSPS) is 14.6. The lowest BCUT2D eigenvalue weighted by atomic mass is 9.90. The SMILES string of the molecule is Cc1nc(SCCC(=O)N2CCC(Cc3ccccc3)CC2)n(Cc2ccc(Cl)cc2)c1C. The van der Waals surface area contributed by atoms with Crippen molar-refractivity contribution in [2.24, 2.45) is 5.92 Å². The van der Waals surface area contributed by atoms with E-state index >= 15 is 0 Å². The van der Waals surface area contributed by atoms with Gasteiger partial charge >= 0.3 is 0 Å². The lowest BCUT2D eigenvalue weighted by Crippen LogP contribution is -2.39. The number of aryl methyl sites for hydroxylation is 1. The number of carbonyl (C=O) groups excluding carboxylic acids is 1. The van der Waals surface area contributed by atoms with E-state index in [4.69, 9.17) is 16.6 Å². The molecule has 3 aromatic rings. The molecule has 0 aliphatic carbocycles. The Hall–Kier alpha value is -2.24. The molecule has 0 bridgehead atoms. The number of amides is 1. The summed E-state index contributed by atoms with van der Waals surface area (Å²) in [5.74, 6) is 1.70. The van der Waals surface area contributed by atoms with Crippen LogP contribution in [0.5, 0.6) is 0 Å². The molecule has 0 saturated carbocycles. The standard InChI is InChI=1S/C27H32ClN3OS/c1-20-21(2)31(19-24-8-10-25(28)11-9-24)27(29-20)33-17-14-26(32)30-15-12-23(13-16-30)18-22-6-4-3-5-7-22/h3-11,23H,12-19H2,1-2H3. The molecule has 174 valence electrons. The second-order valence-electron chi connectivity index (χ2n) is 8.89. The number of halogens is 1. The molecule has 2 aromatic carbocycles. The van der Waals surface area contributed by atoms with Gasteiger partial charge in [-0.3, -0.25) is 4.79 Å². The number of piperidine rings is 1. The van der Waals surface area contributed by atoms with Crippen molar-refractivity contribution in [2.75, 3.05) is 18.8 Å². The number of imidazole rings is 1. The summed E-state index contributed by atoms with van der Waals surface area (Å²) in [4.78, 5) is 19.6. The second-order valence-corrected chi connectivity index (χ2v) is 10.4. The molecule has 2 heterocycles. The number of rotatable bonds is 8. The predicted octanol–water partition coefficient (Wildman–Crippen LogP) is 6.17. The van der Waals surface area contributed by atoms with Gasteiger partial charge in [0.25, 0.3) is 0 Å². The molecule has 1 amide bonds. The lowest BCUT2D eigenvalue weighted by molar-refractivity contribution is -0.132. The summed E-state index contributed by atoms with van der Waals surface area (Å²) >= 11 is 7.71. The van der Waals surface area contributed by atoms with Gasteiger partial charge in [-0.1, -0.05) is 65.8 Å². The molecule has 0 unspecified atom stereocenters. The average molecular weight is 482 g/mol. The largest absolute Gasteiger partial charge is 0.343 e. The van der Waals surface area contributed by atoms with E-state index in [0.29, 0.717) is 12.3 Å². The molecule has 1 aliphatic heterocycles. The van der Waals surface area contributed by atoms with Gasteiger partial charge in [0.05, 0.1) is 5.69 Å². The van der Waals surface area contributed by atoms with Gasteiger partial charge in [-0.15, -0.1) is 0 Å². The molecule has 0 atom stereocenters. The van der Waals surface area contributed by atoms with Crippen LogP contribution in [-0.2, 0) is 17.8 Å². The second kappa shape index (κ2) is 11.3. The Bertz CT molecular complexity index is 1060. The minimum Gasteiger partial charge on any atom is -0.343 e. The number of hydrogen-bond donors (Lipinski definition) is 0. The Morgan fingerprint density at radius 1 is 1.03 bits per heavy atom. The monoisotopic (exact) mass is 481 g/mol. The third kappa shape index (κ3) is 6.42. The van der Waals surface area contributed by atoms with Crippen LogP contribution in [0.1, 0.15) is 41.8 Å². The highest BCUT2D eigenvalue weighted by atomic mass is 35.5. The van der Waals surface area contributed by atoms with Crippen molar-refractivity contribution < 1.29 is 4.79 Å². The fourth-order valence-electron chi connectivity index (χ4n) is 4.41. The first-order valence-corrected chi connectivity index (χ1v) is 13.1. The van der Waals surface area contributed by atoms with Gasteiger partial charge in [-0.2, -0.15) is 0 Å². The number of nitrogens with zero attached hydrogens (tertiary/aromatic N) is 3. The van der Waals surface area contributed by atoms with Crippen LogP contribution in [0.15, 0.2) is 59.8 Å². The Labute approximate surface area is 206 Å². The van der Waals surface area contributed by atoms with Gasteiger partial charge < -0.3 is 9.47 Å². The van der Waals surface area contributed by atoms with Crippen LogP contribution in [0.4, 0.5) is 0 Å². The summed E-state index contributed by atoms with van der Waals surface area (Å²) in [7, 11) is 0. The zero-order valence-corrected chi connectivity index (χ0v) is 21.0. The molecule has 6 heteroatoms. The third-order valence-corrected chi connectivity index (χ3v) is 7.79. The van der Waals surface area contributed by atoms with Crippen molar-refractivity contribution in [1.29, 1.82) is 0 Å². The van der Waals surface area contributed by atoms with E-state index in [9.17, 15) is 4.79 Å². The van der Waals surface area contributed by atoms with Gasteiger partial charge in [0, 0.05) is 42.5 Å². The van der Waals surface area contributed by atoms with Crippen molar-refractivity contribution in [3.8, 4) is 0 Å². The number of thioether (sulfide) groups is 1. The summed E-state index contributed by atoms with van der Waals surface area (Å²) < 4.78 is 2.24. The van der Waals surface area contributed by atoms with Crippen molar-refractivity contribution in [2.45, 2.75) is 51.2 Å². The summed E-state index contributed by atoms with van der Waals surface area (Å²) in [6.45, 7) is 6.67. The number of hydrogen-bond acceptors (Lipinski definition) is 3. The first-order chi connectivity index (χ1) is 16.0. The zero-order chi connectivity index (χ0) is 23.2. The Balaban J connectivity index is 1.26. The summed E-state index contributed by atoms with van der Waals surface area (Å²) in [5.41, 5.74) is 4.80. The first kappa shape index (κ1) is 23.9. The lowest BCUT2D eigenvalue weighted by Gasteiger charge is -2.32. The molecule has 1 aromatic heterocycles. The van der Waals surface area contributed by atoms with Crippen molar-refractivity contribution in [1.82, 2.24) is 14.5 Å². The average Bonchev–Trinajstić information content (AvgIpc) is 3.09. The zero-order valence-electron chi connectivity index (χ0n) is 19.5. The smallest absolute Gasteiger partial charge is 0.223 e. The molecule has 4 rings (SSSR count). The van der Waals surface area contributed by atoms with E-state index in [1.165, 1.54) is 16.8 Å². The number of likely N-dealkylation sites (tertiary alicyclic amines) is 1. The molecule has 0 N–H and O–H groups in total. The van der Waals surface area contributed by atoms with E-state index < -0.39 is 0 Å². The molecule has 4 nitrogen and oxygen atoms in total. The van der Waals surface area contributed by atoms with Crippen LogP contribution >= 0.6 is 23.4 Å². The Kier molecular flexibility index (Phi) is 8.15. The van der Waals surface area contributed by atoms with Crippen molar-refractivity contribution in [3.05, 3.63) is 82.1 Å². The Morgan fingerprint density at radius 3 is 2.42 bits per heavy atom. The quantitative estimate of drug-likeness (QED) is 0.361. The third-order valence-electron chi connectivity index (χ3n) is 6.56. The molecular formula is C27H32ClN3OS. The minimum atomic E-state index is 0.268. The fraction of sp³-hybridized carbons (Fsp3) is 0.407. The molecule has 33 heavy (non-hydrogen) atoms. The van der Waals surface area contributed by atoms with Crippen LogP contribution < -0.4 is 0 Å². The van der Waals surface area contributed by atoms with Crippen molar-refractivity contribution >= 4 is 29.3 Å². The van der Waals surface area contributed by atoms with E-state index in [1.54, 1.807) is 11.8 Å². The summed E-state index contributed by atoms with van der Waals surface area (Å²) in [6.07, 6.45) is 3.86. The topological polar surface area (TPSA) is 38.1 Å². The molecular weight excluding hydrogens is 450 g/mol. The van der Waals surface area contributed by atoms with E-state index in [2.05, 4.69) is 58.9 Å². The first-order valence-electron chi connectivity index (χ1n) is 11.7. The van der Waals surface area contributed by atoms with Gasteiger partial charge in [0.15, 0.2) is 5.16 Å². The van der Waals surface area contributed by atoms with Crippen LogP contribution in [0, 0.1) is 19.8 Å². The molecule has 1 aliphatic rings. The minimum absolute atomic E-state index is 0.268. The van der Waals surface area contributed by atoms with Gasteiger partial charge in [-0.05, 0) is 62.3 Å². The van der Waals surface area contributed by atoms with Crippen LogP contribution in [0.25, 0.3) is 0 Å². The van der Waals surface area contributed by atoms with Gasteiger partial charge in [0.1, 0.15) is 0 Å².